The highest BCUT2D eigenvalue weighted by atomic mass is 16.5. The van der Waals surface area contributed by atoms with E-state index in [1.165, 1.54) is 0 Å². The van der Waals surface area contributed by atoms with Gasteiger partial charge in [-0.15, -0.1) is 0 Å². The van der Waals surface area contributed by atoms with Crippen molar-refractivity contribution < 1.29 is 9.53 Å². The fraction of sp³-hybridized carbons (Fsp3) is 0.929. The lowest BCUT2D eigenvalue weighted by Crippen LogP contribution is -2.53. The van der Waals surface area contributed by atoms with Gasteiger partial charge in [0.15, 0.2) is 0 Å². The van der Waals surface area contributed by atoms with Crippen molar-refractivity contribution in [3.8, 4) is 0 Å². The van der Waals surface area contributed by atoms with E-state index in [2.05, 4.69) is 17.1 Å². The molecule has 2 rings (SSSR count). The molecule has 0 radical (unpaired) electrons. The van der Waals surface area contributed by atoms with Crippen LogP contribution in [0.25, 0.3) is 0 Å². The van der Waals surface area contributed by atoms with Crippen molar-refractivity contribution in [2.75, 3.05) is 39.4 Å². The summed E-state index contributed by atoms with van der Waals surface area (Å²) >= 11 is 0. The van der Waals surface area contributed by atoms with Gasteiger partial charge < -0.3 is 15.8 Å². The topological polar surface area (TPSA) is 67.6 Å². The fourth-order valence-corrected chi connectivity index (χ4v) is 2.96. The molecule has 110 valence electrons. The van der Waals surface area contributed by atoms with E-state index in [0.29, 0.717) is 5.92 Å². The predicted molar refractivity (Wildman–Crippen MR) is 74.8 cm³/mol. The molecule has 1 heterocycles. The lowest BCUT2D eigenvalue weighted by Gasteiger charge is -2.30. The lowest BCUT2D eigenvalue weighted by molar-refractivity contribution is -0.126. The van der Waals surface area contributed by atoms with Crippen molar-refractivity contribution in [1.82, 2.24) is 10.2 Å². The quantitative estimate of drug-likeness (QED) is 0.755. The summed E-state index contributed by atoms with van der Waals surface area (Å²) in [6, 6.07) is 0. The molecular weight excluding hydrogens is 242 g/mol. The minimum absolute atomic E-state index is 0.0406. The largest absolute Gasteiger partial charge is 0.379 e. The Morgan fingerprint density at radius 2 is 2.00 bits per heavy atom. The molecule has 0 bridgehead atoms. The van der Waals surface area contributed by atoms with Gasteiger partial charge in [0.25, 0.3) is 0 Å². The van der Waals surface area contributed by atoms with E-state index >= 15 is 0 Å². The number of ether oxygens (including phenoxy) is 1. The Hall–Kier alpha value is -0.650. The molecule has 1 aliphatic carbocycles. The lowest BCUT2D eigenvalue weighted by atomic mass is 9.98. The second kappa shape index (κ2) is 6.68. The summed E-state index contributed by atoms with van der Waals surface area (Å²) in [5, 5.41) is 3.03. The number of rotatable bonds is 5. The normalized spacial score (nSPS) is 25.2. The molecule has 1 atom stereocenters. The third kappa shape index (κ3) is 4.16. The van der Waals surface area contributed by atoms with E-state index in [1.807, 2.05) is 0 Å². The van der Waals surface area contributed by atoms with E-state index in [1.54, 1.807) is 0 Å². The summed E-state index contributed by atoms with van der Waals surface area (Å²) in [6.07, 6.45) is 3.81. The van der Waals surface area contributed by atoms with Crippen LogP contribution in [0.5, 0.6) is 0 Å². The standard InChI is InChI=1S/C14H27N3O2/c1-12(11-17-6-8-19-9-7-17)10-16-13(18)14(15)4-2-3-5-14/h12H,2-11,15H2,1H3,(H,16,18). The summed E-state index contributed by atoms with van der Waals surface area (Å²) in [7, 11) is 0. The van der Waals surface area contributed by atoms with Crippen LogP contribution in [-0.4, -0.2) is 55.7 Å². The van der Waals surface area contributed by atoms with E-state index in [4.69, 9.17) is 10.5 Å². The smallest absolute Gasteiger partial charge is 0.240 e. The van der Waals surface area contributed by atoms with Crippen molar-refractivity contribution in [3.05, 3.63) is 0 Å². The molecule has 1 saturated heterocycles. The number of amides is 1. The maximum absolute atomic E-state index is 12.1. The van der Waals surface area contributed by atoms with Crippen LogP contribution in [0.4, 0.5) is 0 Å². The molecule has 1 amide bonds. The minimum atomic E-state index is -0.599. The zero-order valence-corrected chi connectivity index (χ0v) is 12.0. The zero-order chi connectivity index (χ0) is 13.7. The number of nitrogens with zero attached hydrogens (tertiary/aromatic N) is 1. The van der Waals surface area contributed by atoms with Gasteiger partial charge in [-0.1, -0.05) is 19.8 Å². The van der Waals surface area contributed by atoms with Crippen LogP contribution in [0.15, 0.2) is 0 Å². The molecule has 2 fully saturated rings. The SMILES string of the molecule is CC(CNC(=O)C1(N)CCCC1)CN1CCOCC1. The molecule has 19 heavy (non-hydrogen) atoms. The van der Waals surface area contributed by atoms with E-state index < -0.39 is 5.54 Å². The molecule has 1 unspecified atom stereocenters. The van der Waals surface area contributed by atoms with E-state index in [0.717, 1.165) is 65.1 Å². The van der Waals surface area contributed by atoms with Crippen LogP contribution in [0.1, 0.15) is 32.6 Å². The number of carbonyl (C=O) groups excluding carboxylic acids is 1. The van der Waals surface area contributed by atoms with Gasteiger partial charge in [-0.2, -0.15) is 0 Å². The molecule has 5 nitrogen and oxygen atoms in total. The van der Waals surface area contributed by atoms with Crippen LogP contribution in [-0.2, 0) is 9.53 Å². The molecule has 0 aromatic heterocycles. The summed E-state index contributed by atoms with van der Waals surface area (Å²) < 4.78 is 5.33. The number of nitrogens with one attached hydrogen (secondary N) is 1. The number of carbonyl (C=O) groups is 1. The molecule has 3 N–H and O–H groups in total. The predicted octanol–water partition coefficient (Wildman–Crippen LogP) is 0.342. The zero-order valence-electron chi connectivity index (χ0n) is 12.0. The second-order valence-corrected chi connectivity index (χ2v) is 6.09. The Kier molecular flexibility index (Phi) is 5.19. The molecule has 0 spiro atoms. The Morgan fingerprint density at radius 1 is 1.37 bits per heavy atom. The first-order chi connectivity index (χ1) is 9.10. The minimum Gasteiger partial charge on any atom is -0.379 e. The molecule has 0 aromatic rings. The van der Waals surface area contributed by atoms with E-state index in [9.17, 15) is 4.79 Å². The number of morpholine rings is 1. The summed E-state index contributed by atoms with van der Waals surface area (Å²) in [5.41, 5.74) is 5.54. The van der Waals surface area contributed by atoms with Gasteiger partial charge in [-0.3, -0.25) is 9.69 Å². The molecule has 1 aliphatic heterocycles. The van der Waals surface area contributed by atoms with E-state index in [-0.39, 0.29) is 5.91 Å². The second-order valence-electron chi connectivity index (χ2n) is 6.09. The third-order valence-electron chi connectivity index (χ3n) is 4.23. The molecule has 1 saturated carbocycles. The van der Waals surface area contributed by atoms with Gasteiger partial charge in [0, 0.05) is 26.2 Å². The Bertz CT molecular complexity index is 297. The maximum Gasteiger partial charge on any atom is 0.240 e. The molecular formula is C14H27N3O2. The Morgan fingerprint density at radius 3 is 2.63 bits per heavy atom. The maximum atomic E-state index is 12.1. The first-order valence-corrected chi connectivity index (χ1v) is 7.47. The average Bonchev–Trinajstić information content (AvgIpc) is 2.85. The molecule has 0 aromatic carbocycles. The van der Waals surface area contributed by atoms with Crippen LogP contribution in [0.3, 0.4) is 0 Å². The van der Waals surface area contributed by atoms with Crippen molar-refractivity contribution in [2.45, 2.75) is 38.1 Å². The number of hydrogen-bond donors (Lipinski definition) is 2. The Balaban J connectivity index is 1.67. The van der Waals surface area contributed by atoms with Gasteiger partial charge in [0.2, 0.25) is 5.91 Å². The van der Waals surface area contributed by atoms with Gasteiger partial charge in [-0.05, 0) is 18.8 Å². The number of nitrogens with two attached hydrogens (primary N) is 1. The van der Waals surface area contributed by atoms with Crippen LogP contribution < -0.4 is 11.1 Å². The summed E-state index contributed by atoms with van der Waals surface area (Å²) in [6.45, 7) is 7.55. The highest BCUT2D eigenvalue weighted by molar-refractivity contribution is 5.86. The van der Waals surface area contributed by atoms with Crippen LogP contribution in [0, 0.1) is 5.92 Å². The first kappa shape index (κ1) is 14.8. The van der Waals surface area contributed by atoms with Gasteiger partial charge in [-0.25, -0.2) is 0 Å². The van der Waals surface area contributed by atoms with Crippen molar-refractivity contribution >= 4 is 5.91 Å². The first-order valence-electron chi connectivity index (χ1n) is 7.47. The summed E-state index contributed by atoms with van der Waals surface area (Å²) in [4.78, 5) is 14.5. The van der Waals surface area contributed by atoms with Crippen molar-refractivity contribution in [3.63, 3.8) is 0 Å². The third-order valence-corrected chi connectivity index (χ3v) is 4.23. The molecule has 5 heteroatoms. The summed E-state index contributed by atoms with van der Waals surface area (Å²) in [5.74, 6) is 0.492. The van der Waals surface area contributed by atoms with Crippen molar-refractivity contribution in [2.24, 2.45) is 11.7 Å². The van der Waals surface area contributed by atoms with Gasteiger partial charge in [0.1, 0.15) is 0 Å². The van der Waals surface area contributed by atoms with Crippen molar-refractivity contribution in [1.29, 1.82) is 0 Å². The number of hydrogen-bond acceptors (Lipinski definition) is 4. The highest BCUT2D eigenvalue weighted by Crippen LogP contribution is 2.27. The Labute approximate surface area is 115 Å². The van der Waals surface area contributed by atoms with Gasteiger partial charge in [0.05, 0.1) is 18.8 Å². The van der Waals surface area contributed by atoms with Crippen LogP contribution >= 0.6 is 0 Å². The molecule has 2 aliphatic rings. The van der Waals surface area contributed by atoms with Crippen LogP contribution in [0.2, 0.25) is 0 Å². The highest BCUT2D eigenvalue weighted by Gasteiger charge is 2.36. The monoisotopic (exact) mass is 269 g/mol. The average molecular weight is 269 g/mol. The fourth-order valence-electron chi connectivity index (χ4n) is 2.96. The van der Waals surface area contributed by atoms with Gasteiger partial charge >= 0.3 is 0 Å².